The Morgan fingerprint density at radius 3 is 2.35 bits per heavy atom. The van der Waals surface area contributed by atoms with Gasteiger partial charge in [-0.2, -0.15) is 5.26 Å². The number of carbonyl (C=O) groups excluding carboxylic acids is 1. The predicted molar refractivity (Wildman–Crippen MR) is 81.4 cm³/mol. The van der Waals surface area contributed by atoms with Gasteiger partial charge in [-0.05, 0) is 20.8 Å². The Morgan fingerprint density at radius 2 is 1.90 bits per heavy atom. The molecule has 0 fully saturated rings. The summed E-state index contributed by atoms with van der Waals surface area (Å²) in [4.78, 5) is 11.8. The van der Waals surface area contributed by atoms with Gasteiger partial charge < -0.3 is 9.26 Å². The SMILES string of the molecule is CCOC(=O)C(=CSCC#N)OP(=S)(OCC)OCC. The van der Waals surface area contributed by atoms with Gasteiger partial charge in [0, 0.05) is 17.2 Å². The van der Waals surface area contributed by atoms with Gasteiger partial charge in [-0.25, -0.2) is 4.79 Å². The molecule has 0 aromatic rings. The lowest BCUT2D eigenvalue weighted by molar-refractivity contribution is -0.141. The van der Waals surface area contributed by atoms with Gasteiger partial charge in [-0.1, -0.05) is 0 Å². The first-order valence-electron chi connectivity index (χ1n) is 5.97. The number of nitrogens with zero attached hydrogens (tertiary/aromatic N) is 1. The van der Waals surface area contributed by atoms with Gasteiger partial charge in [0.05, 0.1) is 31.6 Å². The van der Waals surface area contributed by atoms with Crippen LogP contribution in [0.2, 0.25) is 0 Å². The van der Waals surface area contributed by atoms with E-state index in [4.69, 9.17) is 35.4 Å². The van der Waals surface area contributed by atoms with E-state index in [1.807, 2.05) is 6.07 Å². The van der Waals surface area contributed by atoms with Crippen LogP contribution < -0.4 is 0 Å². The van der Waals surface area contributed by atoms with Gasteiger partial charge in [0.25, 0.3) is 0 Å². The fourth-order valence-electron chi connectivity index (χ4n) is 0.990. The fourth-order valence-corrected chi connectivity index (χ4v) is 3.57. The molecule has 0 aliphatic heterocycles. The molecule has 0 aromatic heterocycles. The zero-order valence-electron chi connectivity index (χ0n) is 11.7. The Hall–Kier alpha value is -0.580. The lowest BCUT2D eigenvalue weighted by atomic mass is 10.6. The fraction of sp³-hybridized carbons (Fsp3) is 0.636. The number of esters is 1. The molecule has 9 heteroatoms. The second kappa shape index (κ2) is 11.1. The van der Waals surface area contributed by atoms with Crippen LogP contribution in [0.1, 0.15) is 20.8 Å². The minimum Gasteiger partial charge on any atom is -0.460 e. The summed E-state index contributed by atoms with van der Waals surface area (Å²) in [6.07, 6.45) is 0. The molecule has 6 nitrogen and oxygen atoms in total. The average Bonchev–Trinajstić information content (AvgIpc) is 2.38. The van der Waals surface area contributed by atoms with Crippen LogP contribution in [-0.4, -0.2) is 31.5 Å². The molecule has 0 aliphatic rings. The van der Waals surface area contributed by atoms with Crippen LogP contribution in [0.4, 0.5) is 0 Å². The summed E-state index contributed by atoms with van der Waals surface area (Å²) in [5, 5.41) is 9.89. The Labute approximate surface area is 128 Å². The van der Waals surface area contributed by atoms with Crippen molar-refractivity contribution in [2.45, 2.75) is 20.8 Å². The number of rotatable bonds is 10. The largest absolute Gasteiger partial charge is 0.460 e. The molecule has 0 radical (unpaired) electrons. The molecule has 0 aromatic carbocycles. The van der Waals surface area contributed by atoms with Gasteiger partial charge in [-0.15, -0.1) is 11.8 Å². The molecule has 0 N–H and O–H groups in total. The highest BCUT2D eigenvalue weighted by Crippen LogP contribution is 2.51. The highest BCUT2D eigenvalue weighted by Gasteiger charge is 2.26. The molecule has 0 aliphatic carbocycles. The molecule has 0 spiro atoms. The Balaban J connectivity index is 5.01. The number of thioether (sulfide) groups is 1. The molecular formula is C11H18NO5PS2. The number of hydrogen-bond donors (Lipinski definition) is 0. The maximum Gasteiger partial charge on any atom is 0.380 e. The van der Waals surface area contributed by atoms with Crippen molar-refractivity contribution in [3.8, 4) is 6.07 Å². The lowest BCUT2D eigenvalue weighted by Crippen LogP contribution is -2.11. The van der Waals surface area contributed by atoms with E-state index in [9.17, 15) is 4.79 Å². The van der Waals surface area contributed by atoms with Crippen molar-refractivity contribution >= 4 is 36.3 Å². The minimum absolute atomic E-state index is 0.0997. The summed E-state index contributed by atoms with van der Waals surface area (Å²) in [5.74, 6) is -0.581. The molecule has 0 saturated heterocycles. The van der Waals surface area contributed by atoms with E-state index in [0.29, 0.717) is 13.2 Å². The highest BCUT2D eigenvalue weighted by molar-refractivity contribution is 8.07. The molecule has 0 heterocycles. The quantitative estimate of drug-likeness (QED) is 0.198. The summed E-state index contributed by atoms with van der Waals surface area (Å²) < 4.78 is 20.9. The van der Waals surface area contributed by atoms with Crippen molar-refractivity contribution < 1.29 is 23.1 Å². The van der Waals surface area contributed by atoms with Gasteiger partial charge >= 0.3 is 12.7 Å². The standard InChI is InChI=1S/C11H18NO5PS2/c1-4-14-11(13)10(9-20-8-7-12)17-18(19,15-5-2)16-6-3/h9H,4-6,8H2,1-3H3. The predicted octanol–water partition coefficient (Wildman–Crippen LogP) is 2.96. The monoisotopic (exact) mass is 339 g/mol. The van der Waals surface area contributed by atoms with E-state index in [1.54, 1.807) is 20.8 Å². The minimum atomic E-state index is -3.03. The lowest BCUT2D eigenvalue weighted by Gasteiger charge is -2.21. The topological polar surface area (TPSA) is 77.8 Å². The van der Waals surface area contributed by atoms with E-state index in [0.717, 1.165) is 11.8 Å². The molecule has 114 valence electrons. The maximum absolute atomic E-state index is 11.8. The van der Waals surface area contributed by atoms with Gasteiger partial charge in [0.2, 0.25) is 5.76 Å². The van der Waals surface area contributed by atoms with Crippen LogP contribution in [0.25, 0.3) is 0 Å². The smallest absolute Gasteiger partial charge is 0.380 e. The molecular weight excluding hydrogens is 321 g/mol. The second-order valence-corrected chi connectivity index (χ2v) is 6.84. The van der Waals surface area contributed by atoms with Crippen molar-refractivity contribution in [1.29, 1.82) is 5.26 Å². The van der Waals surface area contributed by atoms with Crippen molar-refractivity contribution in [3.63, 3.8) is 0 Å². The Kier molecular flexibility index (Phi) is 10.8. The zero-order valence-corrected chi connectivity index (χ0v) is 14.2. The van der Waals surface area contributed by atoms with Crippen LogP contribution in [0, 0.1) is 11.3 Å². The first-order chi connectivity index (χ1) is 9.52. The van der Waals surface area contributed by atoms with E-state index >= 15 is 0 Å². The third-order valence-electron chi connectivity index (χ3n) is 1.60. The summed E-state index contributed by atoms with van der Waals surface area (Å²) in [6.45, 7) is 2.96. The van der Waals surface area contributed by atoms with Gasteiger partial charge in [-0.3, -0.25) is 9.05 Å². The van der Waals surface area contributed by atoms with E-state index in [1.165, 1.54) is 5.41 Å². The van der Waals surface area contributed by atoms with E-state index < -0.39 is 12.7 Å². The van der Waals surface area contributed by atoms with Crippen molar-refractivity contribution in [2.24, 2.45) is 0 Å². The van der Waals surface area contributed by atoms with Crippen molar-refractivity contribution in [1.82, 2.24) is 0 Å². The molecule has 0 rings (SSSR count). The zero-order chi connectivity index (χ0) is 15.4. The number of carbonyl (C=O) groups is 1. The first kappa shape index (κ1) is 19.4. The Morgan fingerprint density at radius 1 is 1.30 bits per heavy atom. The molecule has 0 amide bonds. The Bertz CT molecular complexity index is 412. The second-order valence-electron chi connectivity index (χ2n) is 3.05. The van der Waals surface area contributed by atoms with Crippen LogP contribution in [-0.2, 0) is 34.9 Å². The number of ether oxygens (including phenoxy) is 1. The normalized spacial score (nSPS) is 11.8. The van der Waals surface area contributed by atoms with E-state index in [-0.39, 0.29) is 18.1 Å². The van der Waals surface area contributed by atoms with Gasteiger partial charge in [0.15, 0.2) is 0 Å². The molecule has 0 saturated carbocycles. The van der Waals surface area contributed by atoms with Crippen LogP contribution in [0.5, 0.6) is 0 Å². The molecule has 0 atom stereocenters. The third kappa shape index (κ3) is 7.88. The average molecular weight is 339 g/mol. The first-order valence-corrected chi connectivity index (χ1v) is 9.58. The van der Waals surface area contributed by atoms with Gasteiger partial charge in [0.1, 0.15) is 0 Å². The van der Waals surface area contributed by atoms with Crippen molar-refractivity contribution in [2.75, 3.05) is 25.6 Å². The summed E-state index contributed by atoms with van der Waals surface area (Å²) >= 11 is 6.28. The van der Waals surface area contributed by atoms with Crippen LogP contribution in [0.3, 0.4) is 0 Å². The maximum atomic E-state index is 11.8. The summed E-state index contributed by atoms with van der Waals surface area (Å²) in [5.41, 5.74) is 0. The van der Waals surface area contributed by atoms with Crippen LogP contribution >= 0.6 is 18.5 Å². The van der Waals surface area contributed by atoms with Crippen molar-refractivity contribution in [3.05, 3.63) is 11.2 Å². The number of hydrogen-bond acceptors (Lipinski definition) is 8. The molecule has 0 bridgehead atoms. The molecule has 20 heavy (non-hydrogen) atoms. The number of nitriles is 1. The van der Waals surface area contributed by atoms with Crippen LogP contribution in [0.15, 0.2) is 11.2 Å². The third-order valence-corrected chi connectivity index (χ3v) is 4.70. The molecule has 0 unspecified atom stereocenters. The summed E-state index contributed by atoms with van der Waals surface area (Å²) in [6, 6.07) is 1.94. The van der Waals surface area contributed by atoms with E-state index in [2.05, 4.69) is 0 Å². The highest BCUT2D eigenvalue weighted by atomic mass is 32.5. The summed E-state index contributed by atoms with van der Waals surface area (Å²) in [7, 11) is 0.